The van der Waals surface area contributed by atoms with E-state index in [1.807, 2.05) is 31.2 Å². The summed E-state index contributed by atoms with van der Waals surface area (Å²) >= 11 is 0. The van der Waals surface area contributed by atoms with Gasteiger partial charge in [0.15, 0.2) is 6.10 Å². The van der Waals surface area contributed by atoms with Crippen molar-refractivity contribution in [2.45, 2.75) is 26.9 Å². The van der Waals surface area contributed by atoms with Crippen molar-refractivity contribution < 1.29 is 22.8 Å². The third kappa shape index (κ3) is 3.26. The van der Waals surface area contributed by atoms with Crippen molar-refractivity contribution in [3.63, 3.8) is 0 Å². The molecular formula is C21H17FN2O4. The first-order valence-electron chi connectivity index (χ1n) is 8.72. The van der Waals surface area contributed by atoms with Crippen molar-refractivity contribution in [3.8, 4) is 11.5 Å². The van der Waals surface area contributed by atoms with Gasteiger partial charge in [-0.1, -0.05) is 17.7 Å². The zero-order valence-electron chi connectivity index (χ0n) is 15.5. The highest BCUT2D eigenvalue weighted by Crippen LogP contribution is 2.28. The summed E-state index contributed by atoms with van der Waals surface area (Å²) in [5, 5.41) is 8.50. The largest absolute Gasteiger partial charge is 0.449 e. The molecule has 0 radical (unpaired) electrons. The predicted octanol–water partition coefficient (Wildman–Crippen LogP) is 5.16. The van der Waals surface area contributed by atoms with Gasteiger partial charge in [0.25, 0.3) is 5.89 Å². The second-order valence-electron chi connectivity index (χ2n) is 6.56. The summed E-state index contributed by atoms with van der Waals surface area (Å²) in [6, 6.07) is 11.7. The SMILES string of the molecule is Cc1ccc(-c2nnc([C@H](C)OC(=O)c3oc4ccc(F)cc4c3C)o2)cc1. The highest BCUT2D eigenvalue weighted by molar-refractivity contribution is 5.95. The van der Waals surface area contributed by atoms with Crippen LogP contribution in [-0.2, 0) is 4.74 Å². The first-order valence-corrected chi connectivity index (χ1v) is 8.72. The molecule has 4 rings (SSSR count). The van der Waals surface area contributed by atoms with Crippen molar-refractivity contribution in [2.75, 3.05) is 0 Å². The number of nitrogens with zero attached hydrogens (tertiary/aromatic N) is 2. The number of carbonyl (C=O) groups excluding carboxylic acids is 1. The van der Waals surface area contributed by atoms with E-state index >= 15 is 0 Å². The molecule has 0 aliphatic carbocycles. The molecule has 0 saturated carbocycles. The average molecular weight is 380 g/mol. The van der Waals surface area contributed by atoms with E-state index in [4.69, 9.17) is 13.6 Å². The van der Waals surface area contributed by atoms with Crippen molar-refractivity contribution in [1.29, 1.82) is 0 Å². The molecule has 0 saturated heterocycles. The van der Waals surface area contributed by atoms with Crippen molar-refractivity contribution in [3.05, 3.63) is 71.1 Å². The first kappa shape index (κ1) is 17.9. The van der Waals surface area contributed by atoms with E-state index in [1.165, 1.54) is 18.2 Å². The lowest BCUT2D eigenvalue weighted by atomic mass is 10.1. The summed E-state index contributed by atoms with van der Waals surface area (Å²) in [6.45, 7) is 5.29. The Morgan fingerprint density at radius 1 is 1.07 bits per heavy atom. The number of aryl methyl sites for hydroxylation is 2. The number of hydrogen-bond acceptors (Lipinski definition) is 6. The number of halogens is 1. The smallest absolute Gasteiger partial charge is 0.375 e. The summed E-state index contributed by atoms with van der Waals surface area (Å²) in [6.07, 6.45) is -0.774. The third-order valence-corrected chi connectivity index (χ3v) is 4.45. The summed E-state index contributed by atoms with van der Waals surface area (Å²) < 4.78 is 30.0. The summed E-state index contributed by atoms with van der Waals surface area (Å²) in [5.41, 5.74) is 2.82. The molecular weight excluding hydrogens is 363 g/mol. The lowest BCUT2D eigenvalue weighted by Gasteiger charge is -2.08. The van der Waals surface area contributed by atoms with Gasteiger partial charge in [-0.05, 0) is 51.1 Å². The molecule has 28 heavy (non-hydrogen) atoms. The number of fused-ring (bicyclic) bond motifs is 1. The first-order chi connectivity index (χ1) is 13.4. The van der Waals surface area contributed by atoms with Crippen LogP contribution in [0.1, 0.15) is 40.6 Å². The zero-order valence-corrected chi connectivity index (χ0v) is 15.5. The van der Waals surface area contributed by atoms with Crippen LogP contribution in [0.3, 0.4) is 0 Å². The monoisotopic (exact) mass is 380 g/mol. The van der Waals surface area contributed by atoms with Crippen LogP contribution in [0.15, 0.2) is 51.3 Å². The van der Waals surface area contributed by atoms with Crippen LogP contribution in [0.5, 0.6) is 0 Å². The molecule has 2 aromatic heterocycles. The minimum atomic E-state index is -0.774. The van der Waals surface area contributed by atoms with Gasteiger partial charge in [0.1, 0.15) is 11.4 Å². The fraction of sp³-hybridized carbons (Fsp3) is 0.190. The molecule has 0 aliphatic rings. The Balaban J connectivity index is 1.54. The van der Waals surface area contributed by atoms with Gasteiger partial charge in [-0.25, -0.2) is 9.18 Å². The van der Waals surface area contributed by atoms with E-state index in [-0.39, 0.29) is 11.7 Å². The Hall–Kier alpha value is -3.48. The maximum Gasteiger partial charge on any atom is 0.375 e. The number of ether oxygens (including phenoxy) is 1. The molecule has 4 aromatic rings. The van der Waals surface area contributed by atoms with Crippen LogP contribution in [0.2, 0.25) is 0 Å². The number of rotatable bonds is 4. The van der Waals surface area contributed by atoms with Gasteiger partial charge in [-0.15, -0.1) is 10.2 Å². The van der Waals surface area contributed by atoms with Crippen LogP contribution < -0.4 is 0 Å². The van der Waals surface area contributed by atoms with E-state index < -0.39 is 17.9 Å². The Morgan fingerprint density at radius 3 is 2.57 bits per heavy atom. The molecule has 0 aliphatic heterocycles. The molecule has 0 spiro atoms. The van der Waals surface area contributed by atoms with E-state index in [1.54, 1.807) is 13.8 Å². The predicted molar refractivity (Wildman–Crippen MR) is 99.2 cm³/mol. The molecule has 7 heteroatoms. The normalized spacial score (nSPS) is 12.3. The van der Waals surface area contributed by atoms with Gasteiger partial charge in [-0.2, -0.15) is 0 Å². The van der Waals surface area contributed by atoms with Gasteiger partial charge in [0, 0.05) is 16.5 Å². The van der Waals surface area contributed by atoms with Gasteiger partial charge >= 0.3 is 5.97 Å². The summed E-state index contributed by atoms with van der Waals surface area (Å²) in [5.74, 6) is -0.557. The van der Waals surface area contributed by atoms with E-state index in [9.17, 15) is 9.18 Å². The van der Waals surface area contributed by atoms with Crippen molar-refractivity contribution >= 4 is 16.9 Å². The second-order valence-corrected chi connectivity index (χ2v) is 6.56. The number of aromatic nitrogens is 2. The van der Waals surface area contributed by atoms with Crippen LogP contribution in [0, 0.1) is 19.7 Å². The quantitative estimate of drug-likeness (QED) is 0.455. The molecule has 0 fully saturated rings. The lowest BCUT2D eigenvalue weighted by molar-refractivity contribution is 0.0245. The molecule has 0 amide bonds. The zero-order chi connectivity index (χ0) is 19.8. The molecule has 2 aromatic carbocycles. The topological polar surface area (TPSA) is 78.4 Å². The number of carbonyl (C=O) groups is 1. The van der Waals surface area contributed by atoms with Gasteiger partial charge in [-0.3, -0.25) is 0 Å². The molecule has 0 bridgehead atoms. The third-order valence-electron chi connectivity index (χ3n) is 4.45. The molecule has 1 atom stereocenters. The van der Waals surface area contributed by atoms with Gasteiger partial charge in [0.05, 0.1) is 0 Å². The average Bonchev–Trinajstić information content (AvgIpc) is 3.28. The number of esters is 1. The maximum atomic E-state index is 13.4. The van der Waals surface area contributed by atoms with E-state index in [0.717, 1.165) is 11.1 Å². The Labute approximate surface area is 159 Å². The van der Waals surface area contributed by atoms with Gasteiger partial charge in [0.2, 0.25) is 11.7 Å². The van der Waals surface area contributed by atoms with Gasteiger partial charge < -0.3 is 13.6 Å². The standard InChI is InChI=1S/C21H17FN2O4/c1-11-4-6-14(7-5-11)20-24-23-19(28-20)13(3)26-21(25)18-12(2)16-10-15(22)8-9-17(16)27-18/h4-10,13H,1-3H3/t13-/m0/s1. The lowest BCUT2D eigenvalue weighted by Crippen LogP contribution is -2.09. The van der Waals surface area contributed by atoms with Crippen molar-refractivity contribution in [2.24, 2.45) is 0 Å². The van der Waals surface area contributed by atoms with Crippen LogP contribution >= 0.6 is 0 Å². The minimum Gasteiger partial charge on any atom is -0.449 e. The maximum absolute atomic E-state index is 13.4. The fourth-order valence-electron chi connectivity index (χ4n) is 2.86. The number of furan rings is 1. The molecule has 142 valence electrons. The highest BCUT2D eigenvalue weighted by atomic mass is 19.1. The van der Waals surface area contributed by atoms with E-state index in [0.29, 0.717) is 22.4 Å². The van der Waals surface area contributed by atoms with E-state index in [2.05, 4.69) is 10.2 Å². The molecule has 0 N–H and O–H groups in total. The second kappa shape index (κ2) is 6.92. The highest BCUT2D eigenvalue weighted by Gasteiger charge is 2.24. The molecule has 6 nitrogen and oxygen atoms in total. The Morgan fingerprint density at radius 2 is 1.82 bits per heavy atom. The summed E-state index contributed by atoms with van der Waals surface area (Å²) in [7, 11) is 0. The van der Waals surface area contributed by atoms with Crippen LogP contribution in [0.4, 0.5) is 4.39 Å². The Kier molecular flexibility index (Phi) is 4.43. The molecule has 0 unspecified atom stereocenters. The summed E-state index contributed by atoms with van der Waals surface area (Å²) in [4.78, 5) is 12.5. The van der Waals surface area contributed by atoms with Crippen LogP contribution in [0.25, 0.3) is 22.4 Å². The molecule has 2 heterocycles. The fourth-order valence-corrected chi connectivity index (χ4v) is 2.86. The Bertz CT molecular complexity index is 1160. The van der Waals surface area contributed by atoms with Crippen LogP contribution in [-0.4, -0.2) is 16.2 Å². The number of benzene rings is 2. The number of hydrogen-bond donors (Lipinski definition) is 0. The minimum absolute atomic E-state index is 0.0192. The van der Waals surface area contributed by atoms with Crippen molar-refractivity contribution in [1.82, 2.24) is 10.2 Å².